The molecule has 1 amide bonds. The van der Waals surface area contributed by atoms with E-state index in [1.807, 2.05) is 80.0 Å². The standard InChI is InChI=1S/C22H24N6O/c1-5-28-14-17(12-24-28)21-10-19(18-8-6-7-9-20(18)25-21)22(29)26(3)13-16-11-23-27(4)15(16)2/h6-12,14H,5,13H2,1-4H3. The van der Waals surface area contributed by atoms with Crippen molar-refractivity contribution < 1.29 is 4.79 Å². The van der Waals surface area contributed by atoms with Gasteiger partial charge in [-0.25, -0.2) is 4.98 Å². The van der Waals surface area contributed by atoms with Crippen molar-refractivity contribution in [3.63, 3.8) is 0 Å². The quantitative estimate of drug-likeness (QED) is 0.525. The first-order chi connectivity index (χ1) is 14.0. The zero-order valence-electron chi connectivity index (χ0n) is 17.1. The van der Waals surface area contributed by atoms with Gasteiger partial charge in [0.05, 0.1) is 29.2 Å². The van der Waals surface area contributed by atoms with E-state index in [1.165, 1.54) is 0 Å². The Morgan fingerprint density at radius 1 is 1.17 bits per heavy atom. The van der Waals surface area contributed by atoms with Crippen molar-refractivity contribution in [2.45, 2.75) is 26.9 Å². The lowest BCUT2D eigenvalue weighted by Crippen LogP contribution is -2.26. The number of aryl methyl sites for hydroxylation is 2. The Hall–Kier alpha value is -3.48. The third kappa shape index (κ3) is 3.51. The summed E-state index contributed by atoms with van der Waals surface area (Å²) in [6.07, 6.45) is 5.56. The molecule has 4 rings (SSSR count). The second-order valence-electron chi connectivity index (χ2n) is 7.20. The zero-order valence-corrected chi connectivity index (χ0v) is 17.1. The van der Waals surface area contributed by atoms with Gasteiger partial charge in [0.1, 0.15) is 0 Å². The van der Waals surface area contributed by atoms with Crippen LogP contribution in [0.3, 0.4) is 0 Å². The lowest BCUT2D eigenvalue weighted by molar-refractivity contribution is 0.0787. The number of aromatic nitrogens is 5. The minimum absolute atomic E-state index is 0.0454. The van der Waals surface area contributed by atoms with E-state index in [2.05, 4.69) is 10.2 Å². The van der Waals surface area contributed by atoms with E-state index in [4.69, 9.17) is 4.98 Å². The smallest absolute Gasteiger partial charge is 0.254 e. The fraction of sp³-hybridized carbons (Fsp3) is 0.273. The van der Waals surface area contributed by atoms with Crippen molar-refractivity contribution in [1.82, 2.24) is 29.4 Å². The maximum atomic E-state index is 13.4. The van der Waals surface area contributed by atoms with Crippen LogP contribution in [0.1, 0.15) is 28.5 Å². The van der Waals surface area contributed by atoms with Crippen molar-refractivity contribution in [1.29, 1.82) is 0 Å². The van der Waals surface area contributed by atoms with E-state index in [0.717, 1.165) is 40.0 Å². The fourth-order valence-electron chi connectivity index (χ4n) is 3.40. The molecule has 0 bridgehead atoms. The summed E-state index contributed by atoms with van der Waals surface area (Å²) in [5.74, 6) is -0.0454. The van der Waals surface area contributed by atoms with Gasteiger partial charge >= 0.3 is 0 Å². The first-order valence-corrected chi connectivity index (χ1v) is 9.63. The average Bonchev–Trinajstić information content (AvgIpc) is 3.34. The lowest BCUT2D eigenvalue weighted by Gasteiger charge is -2.18. The average molecular weight is 388 g/mol. The van der Waals surface area contributed by atoms with Crippen LogP contribution in [0.25, 0.3) is 22.2 Å². The van der Waals surface area contributed by atoms with Crippen LogP contribution >= 0.6 is 0 Å². The summed E-state index contributed by atoms with van der Waals surface area (Å²) in [6, 6.07) is 9.61. The van der Waals surface area contributed by atoms with Crippen LogP contribution < -0.4 is 0 Å². The van der Waals surface area contributed by atoms with E-state index in [1.54, 1.807) is 11.1 Å². The first-order valence-electron chi connectivity index (χ1n) is 9.63. The molecule has 0 aliphatic heterocycles. The summed E-state index contributed by atoms with van der Waals surface area (Å²) in [4.78, 5) is 19.9. The van der Waals surface area contributed by atoms with Gasteiger partial charge in [0.15, 0.2) is 0 Å². The topological polar surface area (TPSA) is 68.8 Å². The lowest BCUT2D eigenvalue weighted by atomic mass is 10.0. The third-order valence-electron chi connectivity index (χ3n) is 5.29. The summed E-state index contributed by atoms with van der Waals surface area (Å²) in [6.45, 7) is 5.33. The highest BCUT2D eigenvalue weighted by Gasteiger charge is 2.19. The number of amides is 1. The Bertz CT molecular complexity index is 1190. The number of benzene rings is 1. The molecule has 0 unspecified atom stereocenters. The molecule has 148 valence electrons. The van der Waals surface area contributed by atoms with Crippen molar-refractivity contribution in [2.24, 2.45) is 7.05 Å². The summed E-state index contributed by atoms with van der Waals surface area (Å²) in [5, 5.41) is 9.46. The minimum Gasteiger partial charge on any atom is -0.337 e. The molecule has 4 aromatic rings. The number of pyridine rings is 1. The Morgan fingerprint density at radius 2 is 1.97 bits per heavy atom. The molecule has 0 saturated carbocycles. The molecule has 7 nitrogen and oxygen atoms in total. The van der Waals surface area contributed by atoms with E-state index < -0.39 is 0 Å². The van der Waals surface area contributed by atoms with E-state index in [-0.39, 0.29) is 5.91 Å². The highest BCUT2D eigenvalue weighted by atomic mass is 16.2. The number of hydrogen-bond donors (Lipinski definition) is 0. The van der Waals surface area contributed by atoms with Crippen molar-refractivity contribution >= 4 is 16.8 Å². The van der Waals surface area contributed by atoms with Crippen molar-refractivity contribution in [3.8, 4) is 11.3 Å². The summed E-state index contributed by atoms with van der Waals surface area (Å²) in [5.41, 5.74) is 5.17. The number of hydrogen-bond acceptors (Lipinski definition) is 4. The second kappa shape index (κ2) is 7.50. The predicted molar refractivity (Wildman–Crippen MR) is 112 cm³/mol. The molecule has 0 atom stereocenters. The van der Waals surface area contributed by atoms with Gasteiger partial charge in [0, 0.05) is 55.6 Å². The fourth-order valence-corrected chi connectivity index (χ4v) is 3.40. The summed E-state index contributed by atoms with van der Waals surface area (Å²) in [7, 11) is 3.72. The van der Waals surface area contributed by atoms with Gasteiger partial charge in [-0.3, -0.25) is 14.2 Å². The Balaban J connectivity index is 1.74. The number of carbonyl (C=O) groups excluding carboxylic acids is 1. The molecule has 0 spiro atoms. The van der Waals surface area contributed by atoms with E-state index >= 15 is 0 Å². The number of fused-ring (bicyclic) bond motifs is 1. The predicted octanol–water partition coefficient (Wildman–Crippen LogP) is 3.43. The number of nitrogens with zero attached hydrogens (tertiary/aromatic N) is 6. The van der Waals surface area contributed by atoms with Crippen LogP contribution in [0.15, 0.2) is 48.9 Å². The number of para-hydroxylation sites is 1. The van der Waals surface area contributed by atoms with Gasteiger partial charge < -0.3 is 4.90 Å². The van der Waals surface area contributed by atoms with Gasteiger partial charge in [-0.1, -0.05) is 18.2 Å². The largest absolute Gasteiger partial charge is 0.337 e. The maximum absolute atomic E-state index is 13.4. The molecule has 3 aromatic heterocycles. The normalized spacial score (nSPS) is 11.2. The molecule has 0 fully saturated rings. The highest BCUT2D eigenvalue weighted by Crippen LogP contribution is 2.26. The maximum Gasteiger partial charge on any atom is 0.254 e. The molecule has 0 radical (unpaired) electrons. The summed E-state index contributed by atoms with van der Waals surface area (Å²) >= 11 is 0. The third-order valence-corrected chi connectivity index (χ3v) is 5.29. The van der Waals surface area contributed by atoms with Crippen LogP contribution in [0.5, 0.6) is 0 Å². The van der Waals surface area contributed by atoms with Gasteiger partial charge in [-0.2, -0.15) is 10.2 Å². The molecule has 7 heteroatoms. The molecule has 0 N–H and O–H groups in total. The molecule has 0 saturated heterocycles. The second-order valence-corrected chi connectivity index (χ2v) is 7.20. The van der Waals surface area contributed by atoms with Gasteiger partial charge in [0.25, 0.3) is 5.91 Å². The van der Waals surface area contributed by atoms with E-state index in [9.17, 15) is 4.79 Å². The van der Waals surface area contributed by atoms with Crippen LogP contribution in [0.4, 0.5) is 0 Å². The first kappa shape index (κ1) is 18.9. The van der Waals surface area contributed by atoms with Gasteiger partial charge in [-0.05, 0) is 26.0 Å². The van der Waals surface area contributed by atoms with Crippen LogP contribution in [0.2, 0.25) is 0 Å². The van der Waals surface area contributed by atoms with Crippen molar-refractivity contribution in [2.75, 3.05) is 7.05 Å². The molecule has 1 aromatic carbocycles. The zero-order chi connectivity index (χ0) is 20.5. The Morgan fingerprint density at radius 3 is 2.66 bits per heavy atom. The van der Waals surface area contributed by atoms with Crippen molar-refractivity contribution in [3.05, 3.63) is 65.7 Å². The number of rotatable bonds is 5. The monoisotopic (exact) mass is 388 g/mol. The summed E-state index contributed by atoms with van der Waals surface area (Å²) < 4.78 is 3.67. The Kier molecular flexibility index (Phi) is 4.88. The molecule has 0 aliphatic carbocycles. The van der Waals surface area contributed by atoms with Crippen LogP contribution in [-0.4, -0.2) is 42.4 Å². The molecule has 29 heavy (non-hydrogen) atoms. The highest BCUT2D eigenvalue weighted by molar-refractivity contribution is 6.07. The SMILES string of the molecule is CCn1cc(-c2cc(C(=O)N(C)Cc3cnn(C)c3C)c3ccccc3n2)cn1. The molecular weight excluding hydrogens is 364 g/mol. The molecular formula is C22H24N6O. The molecule has 0 aliphatic rings. The van der Waals surface area contributed by atoms with Crippen LogP contribution in [0, 0.1) is 6.92 Å². The van der Waals surface area contributed by atoms with Crippen LogP contribution in [-0.2, 0) is 20.1 Å². The molecule has 3 heterocycles. The van der Waals surface area contributed by atoms with E-state index in [0.29, 0.717) is 12.1 Å². The minimum atomic E-state index is -0.0454. The Labute approximate surface area is 169 Å². The van der Waals surface area contributed by atoms with Gasteiger partial charge in [-0.15, -0.1) is 0 Å². The number of carbonyl (C=O) groups is 1. The van der Waals surface area contributed by atoms with Gasteiger partial charge in [0.2, 0.25) is 0 Å².